The van der Waals surface area contributed by atoms with Crippen molar-refractivity contribution in [3.05, 3.63) is 74.5 Å². The molecule has 5 rings (SSSR count). The molecule has 0 bridgehead atoms. The molecule has 0 unspecified atom stereocenters. The molecule has 0 radical (unpaired) electrons. The molecule has 3 aliphatic heterocycles. The number of carboxylic acids is 2. The number of rotatable bonds is 13. The summed E-state index contributed by atoms with van der Waals surface area (Å²) >= 11 is 1.16. The van der Waals surface area contributed by atoms with Gasteiger partial charge in [0.2, 0.25) is 0 Å². The number of allylic oxidation sites excluding steroid dienone is 1. The van der Waals surface area contributed by atoms with Gasteiger partial charge in [-0.15, -0.1) is 0 Å². The van der Waals surface area contributed by atoms with Crippen molar-refractivity contribution in [1.82, 2.24) is 20.6 Å². The van der Waals surface area contributed by atoms with Crippen molar-refractivity contribution >= 4 is 41.6 Å². The number of nitrogens with one attached hydrogen (secondary N) is 4. The summed E-state index contributed by atoms with van der Waals surface area (Å²) in [4.78, 5) is 55.4. The van der Waals surface area contributed by atoms with Crippen LogP contribution in [0.5, 0.6) is 0 Å². The third kappa shape index (κ3) is 5.77. The van der Waals surface area contributed by atoms with Crippen LogP contribution in [0.1, 0.15) is 78.1 Å². The van der Waals surface area contributed by atoms with E-state index in [9.17, 15) is 29.4 Å². The van der Waals surface area contributed by atoms with Crippen molar-refractivity contribution in [2.75, 3.05) is 5.75 Å². The Morgan fingerprint density at radius 1 is 1.00 bits per heavy atom. The van der Waals surface area contributed by atoms with Crippen LogP contribution in [0.25, 0.3) is 6.08 Å². The molecule has 6 N–H and O–H groups in total. The summed E-state index contributed by atoms with van der Waals surface area (Å²) in [6.07, 6.45) is 5.97. The van der Waals surface area contributed by atoms with E-state index in [1.165, 1.54) is 0 Å². The topological polar surface area (TPSA) is 164 Å². The molecule has 3 atom stereocenters. The summed E-state index contributed by atoms with van der Waals surface area (Å²) in [7, 11) is 0. The minimum absolute atomic E-state index is 0.0302. The zero-order valence-corrected chi connectivity index (χ0v) is 26.5. The summed E-state index contributed by atoms with van der Waals surface area (Å²) in [6, 6.07) is -0.201. The highest BCUT2D eigenvalue weighted by Gasteiger charge is 2.71. The third-order valence-electron chi connectivity index (χ3n) is 9.53. The zero-order chi connectivity index (χ0) is 31.9. The first-order valence-corrected chi connectivity index (χ1v) is 16.2. The third-order valence-corrected chi connectivity index (χ3v) is 11.0. The van der Waals surface area contributed by atoms with E-state index < -0.39 is 11.9 Å². The van der Waals surface area contributed by atoms with E-state index in [1.54, 1.807) is 6.08 Å². The maximum absolute atomic E-state index is 12.8. The standard InChI is InChI=1S/C33H40N4O6S/c1-6-19-16(3)25(36-31(19)42)12-23-17(4)20(8-10-29(38)39)26(34-23)14-27-21(9-11-30(40)41)18(5)24(35-27)13-28-22(7-2)33(15-44-33)32(43)37-28/h6,13,22,25,34-35H,1,7-12,14-15H2,2-5H3,(H,36,42)(H,37,43)(H,38,39)(H,40,41)/p+1/b28-13-/t22-,25+,33-/m0/s1. The smallest absolute Gasteiger partial charge is 0.303 e. The summed E-state index contributed by atoms with van der Waals surface area (Å²) in [5.41, 5.74) is 9.58. The summed E-state index contributed by atoms with van der Waals surface area (Å²) in [5, 5.41) is 25.1. The maximum Gasteiger partial charge on any atom is 0.303 e. The fraction of sp³-hybridized carbons (Fsp3) is 0.455. The molecule has 1 spiro atoms. The SMILES string of the molecule is C=CC1=C(C)[C@@H](Cc2[nH]c(Cc3[nH]c(/C=C4\NC(=O)[C@]5(C[SH+]5)[C@H]4CC)c(C)c3CCC(=O)O)c(CCC(=O)O)c2C)NC1=O. The first kappa shape index (κ1) is 31.4. The van der Waals surface area contributed by atoms with E-state index in [-0.39, 0.29) is 41.4 Å². The van der Waals surface area contributed by atoms with E-state index in [1.807, 2.05) is 26.8 Å². The normalized spacial score (nSPS) is 23.5. The Morgan fingerprint density at radius 2 is 1.61 bits per heavy atom. The number of aliphatic carboxylic acids is 2. The van der Waals surface area contributed by atoms with Gasteiger partial charge in [-0.1, -0.05) is 19.6 Å². The predicted octanol–water partition coefficient (Wildman–Crippen LogP) is 3.19. The molecule has 3 aliphatic rings. The van der Waals surface area contributed by atoms with Crippen LogP contribution < -0.4 is 10.6 Å². The number of aromatic amines is 2. The number of carbonyl (C=O) groups excluding carboxylic acids is 2. The predicted molar refractivity (Wildman–Crippen MR) is 171 cm³/mol. The Hall–Kier alpha value is -3.99. The molecule has 2 saturated heterocycles. The number of hydrogen-bond acceptors (Lipinski definition) is 4. The van der Waals surface area contributed by atoms with E-state index in [0.29, 0.717) is 31.3 Å². The number of amides is 2. The summed E-state index contributed by atoms with van der Waals surface area (Å²) in [5.74, 6) is -0.859. The fourth-order valence-electron chi connectivity index (χ4n) is 6.86. The van der Waals surface area contributed by atoms with Crippen LogP contribution in [0.3, 0.4) is 0 Å². The van der Waals surface area contributed by atoms with Crippen molar-refractivity contribution in [2.45, 2.75) is 83.4 Å². The lowest BCUT2D eigenvalue weighted by molar-refractivity contribution is -0.138. The lowest BCUT2D eigenvalue weighted by Gasteiger charge is -2.12. The van der Waals surface area contributed by atoms with Crippen LogP contribution in [-0.2, 0) is 56.6 Å². The van der Waals surface area contributed by atoms with Crippen molar-refractivity contribution in [3.8, 4) is 0 Å². The largest absolute Gasteiger partial charge is 0.481 e. The van der Waals surface area contributed by atoms with Gasteiger partial charge in [-0.2, -0.15) is 0 Å². The van der Waals surface area contributed by atoms with Crippen molar-refractivity contribution < 1.29 is 29.4 Å². The first-order valence-electron chi connectivity index (χ1n) is 15.1. The number of H-pyrrole nitrogens is 2. The highest BCUT2D eigenvalue weighted by atomic mass is 32.2. The van der Waals surface area contributed by atoms with Gasteiger partial charge in [-0.3, -0.25) is 19.2 Å². The lowest BCUT2D eigenvalue weighted by atomic mass is 9.91. The number of hydrogen-bond donors (Lipinski definition) is 6. The number of thiol groups is 1. The monoisotopic (exact) mass is 621 g/mol. The molecule has 10 nitrogen and oxygen atoms in total. The fourth-order valence-corrected chi connectivity index (χ4v) is 8.14. The molecule has 5 heterocycles. The second kappa shape index (κ2) is 12.2. The van der Waals surface area contributed by atoms with Gasteiger partial charge in [0.05, 0.1) is 12.0 Å². The Kier molecular flexibility index (Phi) is 8.71. The van der Waals surface area contributed by atoms with Crippen LogP contribution in [-0.4, -0.2) is 60.5 Å². The van der Waals surface area contributed by atoms with E-state index in [4.69, 9.17) is 0 Å². The molecule has 2 aromatic rings. The molecular weight excluding hydrogens is 580 g/mol. The van der Waals surface area contributed by atoms with E-state index in [0.717, 1.165) is 80.2 Å². The highest BCUT2D eigenvalue weighted by Crippen LogP contribution is 2.46. The second-order valence-electron chi connectivity index (χ2n) is 12.1. The number of aromatic nitrogens is 2. The Labute approximate surface area is 260 Å². The Bertz CT molecular complexity index is 1620. The summed E-state index contributed by atoms with van der Waals surface area (Å²) in [6.45, 7) is 11.7. The van der Waals surface area contributed by atoms with Crippen LogP contribution in [0.2, 0.25) is 0 Å². The zero-order valence-electron chi connectivity index (χ0n) is 25.6. The Balaban J connectivity index is 1.51. The minimum atomic E-state index is -0.890. The molecular formula is C33H41N4O6S+. The second-order valence-corrected chi connectivity index (χ2v) is 13.5. The van der Waals surface area contributed by atoms with Gasteiger partial charge in [0, 0.05) is 59.7 Å². The van der Waals surface area contributed by atoms with Gasteiger partial charge >= 0.3 is 11.9 Å². The molecule has 0 saturated carbocycles. The summed E-state index contributed by atoms with van der Waals surface area (Å²) < 4.78 is -0.313. The molecule has 2 amide bonds. The van der Waals surface area contributed by atoms with Crippen molar-refractivity contribution in [1.29, 1.82) is 0 Å². The van der Waals surface area contributed by atoms with Gasteiger partial charge in [0.15, 0.2) is 5.75 Å². The van der Waals surface area contributed by atoms with Crippen LogP contribution >= 0.6 is 0 Å². The average molecular weight is 622 g/mol. The molecule has 2 aromatic heterocycles. The van der Waals surface area contributed by atoms with Crippen LogP contribution in [0, 0.1) is 19.8 Å². The molecule has 11 heteroatoms. The van der Waals surface area contributed by atoms with E-state index >= 15 is 0 Å². The van der Waals surface area contributed by atoms with Gasteiger partial charge in [-0.05, 0) is 85.7 Å². The van der Waals surface area contributed by atoms with Crippen LogP contribution in [0.4, 0.5) is 0 Å². The number of carboxylic acid groups (broad SMARTS) is 2. The van der Waals surface area contributed by atoms with Gasteiger partial charge in [0.1, 0.15) is 0 Å². The van der Waals surface area contributed by atoms with Gasteiger partial charge in [-0.25, -0.2) is 0 Å². The quantitative estimate of drug-likeness (QED) is 0.114. The minimum Gasteiger partial charge on any atom is -0.481 e. The molecule has 234 valence electrons. The molecule has 0 aromatic carbocycles. The Morgan fingerprint density at radius 3 is 2.16 bits per heavy atom. The maximum atomic E-state index is 12.8. The van der Waals surface area contributed by atoms with Gasteiger partial charge in [0.25, 0.3) is 16.6 Å². The van der Waals surface area contributed by atoms with E-state index in [2.05, 4.69) is 34.1 Å². The molecule has 2 fully saturated rings. The van der Waals surface area contributed by atoms with Crippen molar-refractivity contribution in [3.63, 3.8) is 0 Å². The lowest BCUT2D eigenvalue weighted by Crippen LogP contribution is -2.30. The van der Waals surface area contributed by atoms with Crippen LogP contribution in [0.15, 0.2) is 29.5 Å². The highest BCUT2D eigenvalue weighted by molar-refractivity contribution is 7.89. The molecule has 44 heavy (non-hydrogen) atoms. The van der Waals surface area contributed by atoms with Crippen molar-refractivity contribution in [2.24, 2.45) is 5.92 Å². The molecule has 0 aliphatic carbocycles. The number of carbonyl (C=O) groups is 4. The van der Waals surface area contributed by atoms with Gasteiger partial charge < -0.3 is 30.8 Å². The first-order chi connectivity index (χ1) is 20.9. The average Bonchev–Trinajstić information content (AvgIpc) is 3.46.